The molecule has 0 saturated carbocycles. The monoisotopic (exact) mass is 296 g/mol. The van der Waals surface area contributed by atoms with Crippen molar-refractivity contribution in [2.45, 2.75) is 32.9 Å². The van der Waals surface area contributed by atoms with Crippen LogP contribution in [-0.2, 0) is 11.3 Å². The number of halogens is 1. The summed E-state index contributed by atoms with van der Waals surface area (Å²) in [6.45, 7) is 4.55. The number of nitrogens with zero attached hydrogens (tertiary/aromatic N) is 1. The van der Waals surface area contributed by atoms with Gasteiger partial charge in [0, 0.05) is 36.7 Å². The van der Waals surface area contributed by atoms with Crippen LogP contribution in [0.4, 0.5) is 4.39 Å². The summed E-state index contributed by atoms with van der Waals surface area (Å²) < 4.78 is 13.8. The molecule has 0 spiro atoms. The van der Waals surface area contributed by atoms with E-state index >= 15 is 0 Å². The Labute approximate surface area is 123 Å². The van der Waals surface area contributed by atoms with Gasteiger partial charge in [-0.1, -0.05) is 17.3 Å². The van der Waals surface area contributed by atoms with Gasteiger partial charge in [0.1, 0.15) is 5.82 Å². The molecule has 0 radical (unpaired) electrons. The van der Waals surface area contributed by atoms with Crippen LogP contribution in [0.1, 0.15) is 31.4 Å². The molecule has 0 bridgehead atoms. The quantitative estimate of drug-likeness (QED) is 0.198. The molecular formula is C14H21FN4O2. The van der Waals surface area contributed by atoms with Crippen LogP contribution in [0.5, 0.6) is 0 Å². The first-order chi connectivity index (χ1) is 9.93. The number of oxime groups is 1. The van der Waals surface area contributed by atoms with Crippen LogP contribution in [0.3, 0.4) is 0 Å². The Bertz CT molecular complexity index is 518. The van der Waals surface area contributed by atoms with Gasteiger partial charge in [0.05, 0.1) is 0 Å². The Morgan fingerprint density at radius 1 is 1.48 bits per heavy atom. The van der Waals surface area contributed by atoms with E-state index < -0.39 is 5.82 Å². The zero-order chi connectivity index (χ0) is 15.8. The summed E-state index contributed by atoms with van der Waals surface area (Å²) in [6.07, 6.45) is 0.335. The second kappa shape index (κ2) is 8.21. The second-order valence-electron chi connectivity index (χ2n) is 4.94. The largest absolute Gasteiger partial charge is 0.409 e. The minimum Gasteiger partial charge on any atom is -0.409 e. The molecule has 7 heteroatoms. The molecule has 6 nitrogen and oxygen atoms in total. The number of carbonyl (C=O) groups excluding carboxylic acids is 1. The van der Waals surface area contributed by atoms with Gasteiger partial charge in [-0.25, -0.2) is 4.39 Å². The summed E-state index contributed by atoms with van der Waals surface area (Å²) in [5.41, 5.74) is 6.15. The molecule has 1 rings (SSSR count). The molecule has 1 aromatic rings. The van der Waals surface area contributed by atoms with Crippen molar-refractivity contribution in [2.75, 3.05) is 6.54 Å². The average molecular weight is 296 g/mol. The molecule has 0 aliphatic rings. The number of hydrogen-bond acceptors (Lipinski definition) is 4. The molecule has 0 unspecified atom stereocenters. The van der Waals surface area contributed by atoms with Gasteiger partial charge in [-0.15, -0.1) is 0 Å². The first kappa shape index (κ1) is 16.9. The van der Waals surface area contributed by atoms with E-state index in [-0.39, 0.29) is 17.8 Å². The molecule has 0 aliphatic heterocycles. The predicted molar refractivity (Wildman–Crippen MR) is 78.5 cm³/mol. The van der Waals surface area contributed by atoms with E-state index in [4.69, 9.17) is 10.9 Å². The molecule has 116 valence electrons. The average Bonchev–Trinajstić information content (AvgIpc) is 2.43. The van der Waals surface area contributed by atoms with Gasteiger partial charge in [-0.3, -0.25) is 4.79 Å². The van der Waals surface area contributed by atoms with Crippen molar-refractivity contribution in [2.24, 2.45) is 10.9 Å². The van der Waals surface area contributed by atoms with Crippen LogP contribution in [0.25, 0.3) is 0 Å². The smallest absolute Gasteiger partial charge is 0.221 e. The highest BCUT2D eigenvalue weighted by Gasteiger charge is 2.07. The predicted octanol–water partition coefficient (Wildman–Crippen LogP) is 0.925. The number of amides is 1. The van der Waals surface area contributed by atoms with Crippen molar-refractivity contribution in [1.29, 1.82) is 0 Å². The molecule has 0 aromatic heterocycles. The standard InChI is InChI=1S/C14H21FN4O2/c1-9(2)18-13(20)5-6-17-8-11-4-3-10(7-12(11)15)14(16)19-21/h3-4,7,9,17,21H,5-6,8H2,1-2H3,(H2,16,19)(H,18,20). The minimum absolute atomic E-state index is 0.0414. The first-order valence-corrected chi connectivity index (χ1v) is 6.70. The fourth-order valence-electron chi connectivity index (χ4n) is 1.73. The third-order valence-electron chi connectivity index (χ3n) is 2.75. The third kappa shape index (κ3) is 5.78. The highest BCUT2D eigenvalue weighted by atomic mass is 19.1. The lowest BCUT2D eigenvalue weighted by atomic mass is 10.1. The first-order valence-electron chi connectivity index (χ1n) is 6.70. The van der Waals surface area contributed by atoms with Crippen molar-refractivity contribution in [3.8, 4) is 0 Å². The van der Waals surface area contributed by atoms with Gasteiger partial charge in [-0.05, 0) is 19.9 Å². The van der Waals surface area contributed by atoms with Crippen LogP contribution >= 0.6 is 0 Å². The zero-order valence-corrected chi connectivity index (χ0v) is 12.2. The normalized spacial score (nSPS) is 11.7. The van der Waals surface area contributed by atoms with Crippen LogP contribution in [-0.4, -0.2) is 29.5 Å². The van der Waals surface area contributed by atoms with E-state index in [0.29, 0.717) is 30.6 Å². The fourth-order valence-corrected chi connectivity index (χ4v) is 1.73. The Balaban J connectivity index is 2.44. The third-order valence-corrected chi connectivity index (χ3v) is 2.75. The lowest BCUT2D eigenvalue weighted by molar-refractivity contribution is -0.121. The number of carbonyl (C=O) groups is 1. The maximum atomic E-state index is 13.8. The maximum Gasteiger partial charge on any atom is 0.221 e. The molecule has 1 amide bonds. The number of benzene rings is 1. The van der Waals surface area contributed by atoms with Crippen LogP contribution in [0.15, 0.2) is 23.4 Å². The molecule has 1 aromatic carbocycles. The van der Waals surface area contributed by atoms with E-state index in [1.54, 1.807) is 12.1 Å². The van der Waals surface area contributed by atoms with Gasteiger partial charge < -0.3 is 21.6 Å². The number of hydrogen-bond donors (Lipinski definition) is 4. The van der Waals surface area contributed by atoms with Crippen molar-refractivity contribution in [3.63, 3.8) is 0 Å². The highest BCUT2D eigenvalue weighted by molar-refractivity contribution is 5.97. The molecule has 21 heavy (non-hydrogen) atoms. The Kier molecular flexibility index (Phi) is 6.61. The minimum atomic E-state index is -0.446. The molecule has 0 saturated heterocycles. The number of rotatable bonds is 7. The van der Waals surface area contributed by atoms with Gasteiger partial charge >= 0.3 is 0 Å². The zero-order valence-electron chi connectivity index (χ0n) is 12.2. The Morgan fingerprint density at radius 2 is 2.19 bits per heavy atom. The lowest BCUT2D eigenvalue weighted by Crippen LogP contribution is -2.32. The van der Waals surface area contributed by atoms with Gasteiger partial charge in [-0.2, -0.15) is 0 Å². The van der Waals surface area contributed by atoms with E-state index in [2.05, 4.69) is 15.8 Å². The van der Waals surface area contributed by atoms with E-state index in [0.717, 1.165) is 0 Å². The summed E-state index contributed by atoms with van der Waals surface area (Å²) in [4.78, 5) is 11.4. The topological polar surface area (TPSA) is 99.7 Å². The Hall–Kier alpha value is -2.15. The molecule has 0 heterocycles. The summed E-state index contributed by atoms with van der Waals surface area (Å²) >= 11 is 0. The van der Waals surface area contributed by atoms with Crippen molar-refractivity contribution < 1.29 is 14.4 Å². The maximum absolute atomic E-state index is 13.8. The second-order valence-corrected chi connectivity index (χ2v) is 4.94. The molecule has 0 fully saturated rings. The lowest BCUT2D eigenvalue weighted by Gasteiger charge is -2.09. The van der Waals surface area contributed by atoms with Crippen LogP contribution in [0, 0.1) is 5.82 Å². The highest BCUT2D eigenvalue weighted by Crippen LogP contribution is 2.10. The van der Waals surface area contributed by atoms with Crippen molar-refractivity contribution in [1.82, 2.24) is 10.6 Å². The van der Waals surface area contributed by atoms with Crippen LogP contribution < -0.4 is 16.4 Å². The summed E-state index contributed by atoms with van der Waals surface area (Å²) in [5.74, 6) is -0.628. The molecular weight excluding hydrogens is 275 g/mol. The van der Waals surface area contributed by atoms with E-state index in [1.165, 1.54) is 6.07 Å². The summed E-state index contributed by atoms with van der Waals surface area (Å²) in [6, 6.07) is 4.45. The van der Waals surface area contributed by atoms with E-state index in [9.17, 15) is 9.18 Å². The van der Waals surface area contributed by atoms with Crippen LogP contribution in [0.2, 0.25) is 0 Å². The SMILES string of the molecule is CC(C)NC(=O)CCNCc1ccc(/C(N)=N/O)cc1F. The number of nitrogens with two attached hydrogens (primary N) is 1. The number of nitrogens with one attached hydrogen (secondary N) is 2. The molecule has 0 aliphatic carbocycles. The molecule has 0 atom stereocenters. The Morgan fingerprint density at radius 3 is 2.76 bits per heavy atom. The molecule has 5 N–H and O–H groups in total. The summed E-state index contributed by atoms with van der Waals surface area (Å²) in [5, 5.41) is 17.1. The van der Waals surface area contributed by atoms with Gasteiger partial charge in [0.2, 0.25) is 5.91 Å². The summed E-state index contributed by atoms with van der Waals surface area (Å²) in [7, 11) is 0. The number of amidine groups is 1. The van der Waals surface area contributed by atoms with Crippen molar-refractivity contribution >= 4 is 11.7 Å². The van der Waals surface area contributed by atoms with E-state index in [1.807, 2.05) is 13.8 Å². The van der Waals surface area contributed by atoms with Gasteiger partial charge in [0.25, 0.3) is 0 Å². The van der Waals surface area contributed by atoms with Crippen molar-refractivity contribution in [3.05, 3.63) is 35.1 Å². The fraction of sp³-hybridized carbons (Fsp3) is 0.429. The van der Waals surface area contributed by atoms with Gasteiger partial charge in [0.15, 0.2) is 5.84 Å².